The molecule has 0 atom stereocenters. The van der Waals surface area contributed by atoms with Crippen LogP contribution in [0.25, 0.3) is 0 Å². The highest BCUT2D eigenvalue weighted by Crippen LogP contribution is 2.27. The van der Waals surface area contributed by atoms with E-state index in [2.05, 4.69) is 0 Å². The summed E-state index contributed by atoms with van der Waals surface area (Å²) in [5.74, 6) is -0.554. The summed E-state index contributed by atoms with van der Waals surface area (Å²) in [6.07, 6.45) is 1.57. The summed E-state index contributed by atoms with van der Waals surface area (Å²) in [6, 6.07) is 29.2. The molecule has 4 rings (SSSR count). The molecule has 0 fully saturated rings. The van der Waals surface area contributed by atoms with Gasteiger partial charge in [-0.25, -0.2) is 4.79 Å². The molecular weight excluding hydrogens is 655 g/mol. The van der Waals surface area contributed by atoms with Gasteiger partial charge in [-0.1, -0.05) is 96.0 Å². The molecular formula is C38H40Cl2O8. The van der Waals surface area contributed by atoms with Crippen LogP contribution in [0.4, 0.5) is 0 Å². The first-order valence-corrected chi connectivity index (χ1v) is 16.1. The van der Waals surface area contributed by atoms with Crippen molar-refractivity contribution in [2.24, 2.45) is 0 Å². The van der Waals surface area contributed by atoms with Gasteiger partial charge in [0.05, 0.1) is 10.0 Å². The molecule has 0 amide bonds. The Morgan fingerprint density at radius 3 is 1.56 bits per heavy atom. The van der Waals surface area contributed by atoms with E-state index in [0.717, 1.165) is 22.3 Å². The van der Waals surface area contributed by atoms with Crippen molar-refractivity contribution in [2.45, 2.75) is 65.3 Å². The number of ether oxygens (including phenoxy) is 4. The highest BCUT2D eigenvalue weighted by atomic mass is 35.5. The average Bonchev–Trinajstić information content (AvgIpc) is 3.06. The van der Waals surface area contributed by atoms with Crippen molar-refractivity contribution in [3.05, 3.63) is 129 Å². The van der Waals surface area contributed by atoms with E-state index in [1.807, 2.05) is 60.7 Å². The second-order valence-corrected chi connectivity index (χ2v) is 12.5. The molecule has 10 heteroatoms. The number of phenolic OH excluding ortho intramolecular Hbond substituents is 1. The highest BCUT2D eigenvalue weighted by Gasteiger charge is 2.17. The summed E-state index contributed by atoms with van der Waals surface area (Å²) < 4.78 is 21.0. The molecule has 0 unspecified atom stereocenters. The van der Waals surface area contributed by atoms with Gasteiger partial charge in [-0.05, 0) is 80.1 Å². The van der Waals surface area contributed by atoms with E-state index in [4.69, 9.17) is 42.1 Å². The van der Waals surface area contributed by atoms with Crippen molar-refractivity contribution in [1.29, 1.82) is 0 Å². The van der Waals surface area contributed by atoms with Gasteiger partial charge in [0.25, 0.3) is 0 Å². The zero-order chi connectivity index (χ0) is 34.9. The maximum absolute atomic E-state index is 11.9. The fraction of sp³-hybridized carbons (Fsp3) is 0.289. The van der Waals surface area contributed by atoms with E-state index < -0.39 is 11.6 Å². The molecule has 48 heavy (non-hydrogen) atoms. The number of esters is 3. The number of aromatic hydroxyl groups is 1. The van der Waals surface area contributed by atoms with Crippen LogP contribution in [0.2, 0.25) is 10.0 Å². The van der Waals surface area contributed by atoms with E-state index in [9.17, 15) is 19.5 Å². The molecule has 4 aromatic rings. The first-order valence-electron chi connectivity index (χ1n) is 15.4. The van der Waals surface area contributed by atoms with E-state index in [1.54, 1.807) is 51.1 Å². The van der Waals surface area contributed by atoms with Crippen molar-refractivity contribution >= 4 is 41.1 Å². The highest BCUT2D eigenvalue weighted by molar-refractivity contribution is 6.32. The third-order valence-corrected chi connectivity index (χ3v) is 7.09. The standard InChI is InChI=1S/C22H25ClO5.C16H15ClO3/c1-22(2,3)28-21(25)15-26-19-11-9-16(13-18(19)23)10-12-20(24)27-14-17-7-5-4-6-8-17;17-14-10-12(6-8-15(14)18)7-9-16(19)20-11-13-4-2-1-3-5-13/h4-9,11,13H,10,12,14-15H2,1-3H3;1-6,8,10,18H,7,9,11H2. The summed E-state index contributed by atoms with van der Waals surface area (Å²) in [7, 11) is 0. The largest absolute Gasteiger partial charge is 0.506 e. The van der Waals surface area contributed by atoms with Crippen molar-refractivity contribution in [3.63, 3.8) is 0 Å². The maximum atomic E-state index is 11.9. The molecule has 0 radical (unpaired) electrons. The number of phenols is 1. The van der Waals surface area contributed by atoms with Crippen LogP contribution in [0.3, 0.4) is 0 Å². The lowest BCUT2D eigenvalue weighted by Crippen LogP contribution is -2.27. The monoisotopic (exact) mass is 694 g/mol. The van der Waals surface area contributed by atoms with Gasteiger partial charge in [-0.15, -0.1) is 0 Å². The number of hydrogen-bond acceptors (Lipinski definition) is 8. The Kier molecular flexibility index (Phi) is 15.3. The van der Waals surface area contributed by atoms with Crippen molar-refractivity contribution in [1.82, 2.24) is 0 Å². The molecule has 0 aliphatic heterocycles. The van der Waals surface area contributed by atoms with Gasteiger partial charge in [0.1, 0.15) is 30.3 Å². The Morgan fingerprint density at radius 2 is 1.10 bits per heavy atom. The lowest BCUT2D eigenvalue weighted by Gasteiger charge is -2.19. The summed E-state index contributed by atoms with van der Waals surface area (Å²) in [5, 5.41) is 9.97. The van der Waals surface area contributed by atoms with E-state index in [0.29, 0.717) is 28.6 Å². The van der Waals surface area contributed by atoms with Gasteiger partial charge in [0.2, 0.25) is 0 Å². The number of benzene rings is 4. The third-order valence-electron chi connectivity index (χ3n) is 6.49. The van der Waals surface area contributed by atoms with E-state index in [1.165, 1.54) is 6.07 Å². The number of aryl methyl sites for hydroxylation is 2. The minimum Gasteiger partial charge on any atom is -0.506 e. The van der Waals surface area contributed by atoms with Gasteiger partial charge in [-0.3, -0.25) is 9.59 Å². The molecule has 0 aromatic heterocycles. The lowest BCUT2D eigenvalue weighted by atomic mass is 10.1. The molecule has 0 aliphatic rings. The number of rotatable bonds is 13. The van der Waals surface area contributed by atoms with Crippen LogP contribution in [-0.2, 0) is 54.6 Å². The minimum atomic E-state index is -0.566. The van der Waals surface area contributed by atoms with Crippen molar-refractivity contribution in [2.75, 3.05) is 6.61 Å². The molecule has 1 N–H and O–H groups in total. The van der Waals surface area contributed by atoms with Gasteiger partial charge < -0.3 is 24.1 Å². The van der Waals surface area contributed by atoms with Crippen LogP contribution in [0.15, 0.2) is 97.1 Å². The van der Waals surface area contributed by atoms with Crippen LogP contribution < -0.4 is 4.74 Å². The Bertz CT molecular complexity index is 1620. The van der Waals surface area contributed by atoms with Gasteiger partial charge in [0, 0.05) is 12.8 Å². The van der Waals surface area contributed by atoms with Crippen LogP contribution >= 0.6 is 23.2 Å². The van der Waals surface area contributed by atoms with Crippen LogP contribution in [0.1, 0.15) is 55.9 Å². The summed E-state index contributed by atoms with van der Waals surface area (Å²) in [6.45, 7) is 5.70. The number of hydrogen-bond donors (Lipinski definition) is 1. The third kappa shape index (κ3) is 14.9. The number of halogens is 2. The van der Waals surface area contributed by atoms with Crippen LogP contribution in [0.5, 0.6) is 11.5 Å². The zero-order valence-corrected chi connectivity index (χ0v) is 28.8. The molecule has 0 spiro atoms. The zero-order valence-electron chi connectivity index (χ0n) is 27.2. The molecule has 254 valence electrons. The van der Waals surface area contributed by atoms with Crippen molar-refractivity contribution in [3.8, 4) is 11.5 Å². The summed E-state index contributed by atoms with van der Waals surface area (Å²) in [4.78, 5) is 35.2. The first kappa shape index (κ1) is 37.9. The lowest BCUT2D eigenvalue weighted by molar-refractivity contribution is -0.157. The summed E-state index contributed by atoms with van der Waals surface area (Å²) >= 11 is 12.0. The predicted octanol–water partition coefficient (Wildman–Crippen LogP) is 8.46. The SMILES string of the molecule is CC(C)(C)OC(=O)COc1ccc(CCC(=O)OCc2ccccc2)cc1Cl.O=C(CCc1ccc(O)c(Cl)c1)OCc1ccccc1. The second kappa shape index (κ2) is 19.3. The molecule has 4 aromatic carbocycles. The minimum absolute atomic E-state index is 0.0436. The topological polar surface area (TPSA) is 108 Å². The van der Waals surface area contributed by atoms with Crippen LogP contribution in [0, 0.1) is 0 Å². The van der Waals surface area contributed by atoms with Crippen molar-refractivity contribution < 1.29 is 38.4 Å². The molecule has 0 aliphatic carbocycles. The molecule has 8 nitrogen and oxygen atoms in total. The van der Waals surface area contributed by atoms with E-state index >= 15 is 0 Å². The second-order valence-electron chi connectivity index (χ2n) is 11.7. The maximum Gasteiger partial charge on any atom is 0.344 e. The Morgan fingerprint density at radius 1 is 0.625 bits per heavy atom. The smallest absolute Gasteiger partial charge is 0.344 e. The van der Waals surface area contributed by atoms with Crippen LogP contribution in [-0.4, -0.2) is 35.2 Å². The Hall–Kier alpha value is -4.53. The fourth-order valence-electron chi connectivity index (χ4n) is 4.14. The quantitative estimate of drug-likeness (QED) is 0.110. The normalized spacial score (nSPS) is 10.7. The predicted molar refractivity (Wildman–Crippen MR) is 185 cm³/mol. The van der Waals surface area contributed by atoms with E-state index in [-0.39, 0.29) is 50.4 Å². The Labute approximate surface area is 291 Å². The average molecular weight is 696 g/mol. The number of carbonyl (C=O) groups is 3. The van der Waals surface area contributed by atoms with Gasteiger partial charge >= 0.3 is 17.9 Å². The molecule has 0 heterocycles. The van der Waals surface area contributed by atoms with Gasteiger partial charge in [0.15, 0.2) is 6.61 Å². The van der Waals surface area contributed by atoms with Gasteiger partial charge in [-0.2, -0.15) is 0 Å². The summed E-state index contributed by atoms with van der Waals surface area (Å²) in [5.41, 5.74) is 3.12. The molecule has 0 saturated carbocycles. The fourth-order valence-corrected chi connectivity index (χ4v) is 4.60. The first-order chi connectivity index (χ1) is 22.9. The Balaban J connectivity index is 0.000000275. The molecule has 0 saturated heterocycles. The number of carbonyl (C=O) groups excluding carboxylic acids is 3. The molecule has 0 bridgehead atoms.